The highest BCUT2D eigenvalue weighted by molar-refractivity contribution is 5.74. The van der Waals surface area contributed by atoms with Gasteiger partial charge in [-0.2, -0.15) is 0 Å². The fraction of sp³-hybridized carbons (Fsp3) is 0.387. The number of hydrogen-bond acceptors (Lipinski definition) is 5. The summed E-state index contributed by atoms with van der Waals surface area (Å²) < 4.78 is 6.56. The van der Waals surface area contributed by atoms with Crippen LogP contribution in [0.3, 0.4) is 0 Å². The maximum atomic E-state index is 11.9. The van der Waals surface area contributed by atoms with Gasteiger partial charge in [0.1, 0.15) is 11.4 Å². The molecule has 194 valence electrons. The van der Waals surface area contributed by atoms with Crippen LogP contribution in [-0.2, 0) is 17.9 Å². The average Bonchev–Trinajstić information content (AvgIpc) is 3.02. The molecule has 37 heavy (non-hydrogen) atoms. The Balaban J connectivity index is 1.48. The van der Waals surface area contributed by atoms with Crippen molar-refractivity contribution in [1.82, 2.24) is 4.90 Å². The second-order valence-electron chi connectivity index (χ2n) is 10.7. The van der Waals surface area contributed by atoms with Crippen molar-refractivity contribution >= 4 is 17.3 Å². The van der Waals surface area contributed by atoms with E-state index in [9.17, 15) is 9.90 Å². The molecule has 1 fully saturated rings. The summed E-state index contributed by atoms with van der Waals surface area (Å²) in [4.78, 5) is 14.4. The summed E-state index contributed by atoms with van der Waals surface area (Å²) >= 11 is 0. The molecule has 1 spiro atoms. The fourth-order valence-electron chi connectivity index (χ4n) is 5.89. The zero-order valence-electron chi connectivity index (χ0n) is 22.0. The monoisotopic (exact) mass is 499 g/mol. The van der Waals surface area contributed by atoms with Crippen molar-refractivity contribution in [2.45, 2.75) is 64.1 Å². The van der Waals surface area contributed by atoms with Crippen LogP contribution < -0.4 is 15.8 Å². The molecule has 5 rings (SSSR count). The van der Waals surface area contributed by atoms with Crippen LogP contribution in [0.2, 0.25) is 0 Å². The van der Waals surface area contributed by atoms with E-state index in [0.717, 1.165) is 60.6 Å². The SMILES string of the molecule is CNc1ccc(C(CC(=O)O)c2ccc(C)c(CN3Cc4ccccc4OC4(CCC4)C3)c2)c(C)c1N. The van der Waals surface area contributed by atoms with E-state index in [-0.39, 0.29) is 17.9 Å². The number of ether oxygens (including phenoxy) is 1. The van der Waals surface area contributed by atoms with Gasteiger partial charge in [-0.1, -0.05) is 42.5 Å². The first-order chi connectivity index (χ1) is 17.8. The minimum absolute atomic E-state index is 0.00964. The standard InChI is InChI=1S/C31H37N3O3/c1-20-9-10-22(26(16-29(35)36)25-11-12-27(33-3)30(32)21(25)2)15-24(20)18-34-17-23-7-4-5-8-28(23)37-31(19-34)13-6-14-31/h4-5,7-12,15,26,33H,6,13-14,16-19,32H2,1-3H3,(H,35,36). The van der Waals surface area contributed by atoms with Crippen molar-refractivity contribution in [3.63, 3.8) is 0 Å². The molecule has 1 unspecified atom stereocenters. The van der Waals surface area contributed by atoms with Crippen molar-refractivity contribution in [2.75, 3.05) is 24.6 Å². The number of rotatable bonds is 7. The van der Waals surface area contributed by atoms with Crippen molar-refractivity contribution in [2.24, 2.45) is 0 Å². The van der Waals surface area contributed by atoms with Crippen LogP contribution in [0.5, 0.6) is 5.75 Å². The summed E-state index contributed by atoms with van der Waals surface area (Å²) in [6.45, 7) is 6.63. The van der Waals surface area contributed by atoms with Crippen LogP contribution >= 0.6 is 0 Å². The predicted octanol–water partition coefficient (Wildman–Crippen LogP) is 5.85. The molecule has 4 N–H and O–H groups in total. The zero-order chi connectivity index (χ0) is 26.2. The highest BCUT2D eigenvalue weighted by Gasteiger charge is 2.43. The maximum Gasteiger partial charge on any atom is 0.304 e. The van der Waals surface area contributed by atoms with E-state index in [2.05, 4.69) is 59.6 Å². The first kappa shape index (κ1) is 25.2. The van der Waals surface area contributed by atoms with Gasteiger partial charge in [0.25, 0.3) is 0 Å². The van der Waals surface area contributed by atoms with Crippen LogP contribution in [-0.4, -0.2) is 35.2 Å². The van der Waals surface area contributed by atoms with Crippen LogP contribution in [0.25, 0.3) is 0 Å². The number of nitrogens with two attached hydrogens (primary N) is 1. The number of nitrogen functional groups attached to an aromatic ring is 1. The largest absolute Gasteiger partial charge is 0.486 e. The van der Waals surface area contributed by atoms with E-state index in [1.54, 1.807) is 0 Å². The van der Waals surface area contributed by atoms with Crippen molar-refractivity contribution < 1.29 is 14.6 Å². The Bertz CT molecular complexity index is 1320. The van der Waals surface area contributed by atoms with Gasteiger partial charge in [0.15, 0.2) is 0 Å². The fourth-order valence-corrected chi connectivity index (χ4v) is 5.89. The predicted molar refractivity (Wildman–Crippen MR) is 148 cm³/mol. The number of carbonyl (C=O) groups is 1. The van der Waals surface area contributed by atoms with Crippen LogP contribution in [0, 0.1) is 13.8 Å². The third kappa shape index (κ3) is 5.03. The summed E-state index contributed by atoms with van der Waals surface area (Å²) in [7, 11) is 1.84. The Morgan fingerprint density at radius 2 is 1.95 bits per heavy atom. The van der Waals surface area contributed by atoms with Crippen molar-refractivity contribution in [3.05, 3.63) is 88.0 Å². The topological polar surface area (TPSA) is 87.8 Å². The molecule has 1 atom stereocenters. The summed E-state index contributed by atoms with van der Waals surface area (Å²) in [5.74, 6) is -0.0954. The lowest BCUT2D eigenvalue weighted by Gasteiger charge is -2.43. The molecule has 6 heteroatoms. The summed E-state index contributed by atoms with van der Waals surface area (Å²) in [5.41, 5.74) is 14.3. The summed E-state index contributed by atoms with van der Waals surface area (Å²) in [6, 6.07) is 18.7. The van der Waals surface area contributed by atoms with Gasteiger partial charge in [0.05, 0.1) is 17.8 Å². The molecule has 1 aliphatic heterocycles. The zero-order valence-corrected chi connectivity index (χ0v) is 22.0. The first-order valence-corrected chi connectivity index (χ1v) is 13.2. The third-order valence-electron chi connectivity index (χ3n) is 8.22. The Morgan fingerprint density at radius 3 is 2.65 bits per heavy atom. The highest BCUT2D eigenvalue weighted by Crippen LogP contribution is 2.42. The second kappa shape index (κ2) is 10.1. The summed E-state index contributed by atoms with van der Waals surface area (Å²) in [5, 5.41) is 12.9. The lowest BCUT2D eigenvalue weighted by atomic mass is 9.79. The number of anilines is 2. The number of aliphatic carboxylic acids is 1. The maximum absolute atomic E-state index is 11.9. The molecule has 0 amide bonds. The number of aryl methyl sites for hydroxylation is 1. The van der Waals surface area contributed by atoms with Gasteiger partial charge in [-0.25, -0.2) is 0 Å². The lowest BCUT2D eigenvalue weighted by molar-refractivity contribution is -0.137. The normalized spacial score (nSPS) is 17.3. The molecule has 1 heterocycles. The Hall–Kier alpha value is -3.51. The Labute approximate surface area is 219 Å². The number of carboxylic acids is 1. The van der Waals surface area contributed by atoms with Gasteiger partial charge in [-0.3, -0.25) is 9.69 Å². The number of nitrogens with zero attached hydrogens (tertiary/aromatic N) is 1. The van der Waals surface area contributed by atoms with Crippen LogP contribution in [0.1, 0.15) is 65.0 Å². The minimum atomic E-state index is -0.823. The smallest absolute Gasteiger partial charge is 0.304 e. The van der Waals surface area contributed by atoms with Gasteiger partial charge in [-0.05, 0) is 73.1 Å². The summed E-state index contributed by atoms with van der Waals surface area (Å²) in [6.07, 6.45) is 3.38. The van der Waals surface area contributed by atoms with Crippen molar-refractivity contribution in [3.8, 4) is 5.75 Å². The molecule has 0 radical (unpaired) electrons. The average molecular weight is 500 g/mol. The Morgan fingerprint density at radius 1 is 1.16 bits per heavy atom. The molecule has 1 aliphatic carbocycles. The molecular formula is C31H37N3O3. The van der Waals surface area contributed by atoms with E-state index in [1.165, 1.54) is 23.1 Å². The second-order valence-corrected chi connectivity index (χ2v) is 10.7. The number of para-hydroxylation sites is 1. The van der Waals surface area contributed by atoms with E-state index in [4.69, 9.17) is 10.5 Å². The van der Waals surface area contributed by atoms with Gasteiger partial charge in [-0.15, -0.1) is 0 Å². The molecule has 6 nitrogen and oxygen atoms in total. The number of carboxylic acid groups (broad SMARTS) is 1. The van der Waals surface area contributed by atoms with Gasteiger partial charge < -0.3 is 20.9 Å². The van der Waals surface area contributed by atoms with E-state index >= 15 is 0 Å². The van der Waals surface area contributed by atoms with E-state index in [1.807, 2.05) is 26.1 Å². The molecule has 1 saturated carbocycles. The minimum Gasteiger partial charge on any atom is -0.486 e. The molecule has 0 aromatic heterocycles. The Kier molecular flexibility index (Phi) is 6.86. The first-order valence-electron chi connectivity index (χ1n) is 13.2. The number of fused-ring (bicyclic) bond motifs is 1. The molecule has 3 aromatic carbocycles. The van der Waals surface area contributed by atoms with Gasteiger partial charge in [0, 0.05) is 38.2 Å². The quantitative estimate of drug-likeness (QED) is 0.354. The van der Waals surface area contributed by atoms with Crippen LogP contribution in [0.4, 0.5) is 11.4 Å². The third-order valence-corrected chi connectivity index (χ3v) is 8.22. The lowest BCUT2D eigenvalue weighted by Crippen LogP contribution is -2.50. The number of benzene rings is 3. The van der Waals surface area contributed by atoms with Gasteiger partial charge in [0.2, 0.25) is 0 Å². The highest BCUT2D eigenvalue weighted by atomic mass is 16.5. The molecular weight excluding hydrogens is 462 g/mol. The molecule has 0 bridgehead atoms. The molecule has 2 aliphatic rings. The molecule has 0 saturated heterocycles. The number of hydrogen-bond donors (Lipinski definition) is 3. The van der Waals surface area contributed by atoms with Crippen LogP contribution in [0.15, 0.2) is 54.6 Å². The van der Waals surface area contributed by atoms with Crippen molar-refractivity contribution in [1.29, 1.82) is 0 Å². The van der Waals surface area contributed by atoms with Gasteiger partial charge >= 0.3 is 5.97 Å². The van der Waals surface area contributed by atoms with E-state index in [0.29, 0.717) is 5.69 Å². The number of nitrogens with one attached hydrogen (secondary N) is 1. The molecule has 3 aromatic rings. The van der Waals surface area contributed by atoms with E-state index < -0.39 is 5.97 Å².